The molecular weight excluding hydrogens is 266 g/mol. The Morgan fingerprint density at radius 1 is 1.11 bits per heavy atom. The summed E-state index contributed by atoms with van der Waals surface area (Å²) in [7, 11) is 3.15. The highest BCUT2D eigenvalue weighted by atomic mass is 35.5. The molecular formula is C13H14ClN3O2. The molecule has 0 radical (unpaired) electrons. The SMILES string of the molecule is COc1cc(NCc2ncccn2)c(OC)cc1Cl. The highest BCUT2D eigenvalue weighted by molar-refractivity contribution is 6.32. The lowest BCUT2D eigenvalue weighted by atomic mass is 10.2. The van der Waals surface area contributed by atoms with Crippen LogP contribution in [0.2, 0.25) is 5.02 Å². The minimum absolute atomic E-state index is 0.488. The van der Waals surface area contributed by atoms with Crippen molar-refractivity contribution in [3.63, 3.8) is 0 Å². The maximum Gasteiger partial charge on any atom is 0.147 e. The lowest BCUT2D eigenvalue weighted by molar-refractivity contribution is 0.404. The summed E-state index contributed by atoms with van der Waals surface area (Å²) in [6.07, 6.45) is 3.40. The van der Waals surface area contributed by atoms with Crippen molar-refractivity contribution in [3.8, 4) is 11.5 Å². The number of hydrogen-bond donors (Lipinski definition) is 1. The topological polar surface area (TPSA) is 56.3 Å². The number of nitrogens with zero attached hydrogens (tertiary/aromatic N) is 2. The van der Waals surface area contributed by atoms with Gasteiger partial charge in [0.25, 0.3) is 0 Å². The minimum Gasteiger partial charge on any atom is -0.495 e. The molecule has 19 heavy (non-hydrogen) atoms. The van der Waals surface area contributed by atoms with Gasteiger partial charge in [-0.2, -0.15) is 0 Å². The molecule has 2 rings (SSSR count). The van der Waals surface area contributed by atoms with E-state index >= 15 is 0 Å². The molecule has 0 aliphatic heterocycles. The monoisotopic (exact) mass is 279 g/mol. The van der Waals surface area contributed by atoms with Gasteiger partial charge < -0.3 is 14.8 Å². The molecule has 0 aliphatic carbocycles. The zero-order valence-electron chi connectivity index (χ0n) is 10.7. The summed E-state index contributed by atoms with van der Waals surface area (Å²) in [5.74, 6) is 1.92. The third-order valence-corrected chi connectivity index (χ3v) is 2.83. The van der Waals surface area contributed by atoms with Gasteiger partial charge in [-0.15, -0.1) is 0 Å². The summed E-state index contributed by atoms with van der Waals surface area (Å²) in [4.78, 5) is 8.28. The van der Waals surface area contributed by atoms with Crippen molar-refractivity contribution in [2.75, 3.05) is 19.5 Å². The second-order valence-corrected chi connectivity index (χ2v) is 4.11. The van der Waals surface area contributed by atoms with E-state index in [2.05, 4.69) is 15.3 Å². The molecule has 0 saturated carbocycles. The van der Waals surface area contributed by atoms with Crippen LogP contribution in [0.3, 0.4) is 0 Å². The summed E-state index contributed by atoms with van der Waals surface area (Å²) in [6.45, 7) is 0.488. The Hall–Kier alpha value is -2.01. The van der Waals surface area contributed by atoms with Crippen molar-refractivity contribution < 1.29 is 9.47 Å². The summed E-state index contributed by atoms with van der Waals surface area (Å²) >= 11 is 6.04. The van der Waals surface area contributed by atoms with E-state index in [0.29, 0.717) is 28.9 Å². The molecule has 0 fully saturated rings. The average Bonchev–Trinajstić information content (AvgIpc) is 2.46. The van der Waals surface area contributed by atoms with Gasteiger partial charge in [-0.05, 0) is 6.07 Å². The van der Waals surface area contributed by atoms with E-state index < -0.39 is 0 Å². The molecule has 0 bridgehead atoms. The van der Waals surface area contributed by atoms with Crippen LogP contribution in [0.5, 0.6) is 11.5 Å². The van der Waals surface area contributed by atoms with Crippen LogP contribution in [0.15, 0.2) is 30.6 Å². The molecule has 2 aromatic rings. The fourth-order valence-electron chi connectivity index (χ4n) is 1.59. The summed E-state index contributed by atoms with van der Waals surface area (Å²) in [5, 5.41) is 3.69. The molecule has 100 valence electrons. The van der Waals surface area contributed by atoms with Gasteiger partial charge in [-0.25, -0.2) is 9.97 Å². The van der Waals surface area contributed by atoms with E-state index in [1.165, 1.54) is 0 Å². The van der Waals surface area contributed by atoms with Gasteiger partial charge in [0.1, 0.15) is 17.3 Å². The second kappa shape index (κ2) is 6.24. The standard InChI is InChI=1S/C13H14ClN3O2/c1-18-11-7-10(12(19-2)6-9(11)14)17-8-13-15-4-3-5-16-13/h3-7,17H,8H2,1-2H3. The molecule has 0 saturated heterocycles. The van der Waals surface area contributed by atoms with Crippen molar-refractivity contribution in [1.29, 1.82) is 0 Å². The number of halogens is 1. The number of benzene rings is 1. The first kappa shape index (κ1) is 13.4. The van der Waals surface area contributed by atoms with E-state index in [4.69, 9.17) is 21.1 Å². The van der Waals surface area contributed by atoms with Crippen molar-refractivity contribution in [2.45, 2.75) is 6.54 Å². The molecule has 1 aromatic carbocycles. The van der Waals surface area contributed by atoms with Crippen molar-refractivity contribution >= 4 is 17.3 Å². The lowest BCUT2D eigenvalue weighted by Crippen LogP contribution is -2.05. The first-order valence-electron chi connectivity index (χ1n) is 5.66. The molecule has 0 unspecified atom stereocenters. The summed E-state index contributed by atoms with van der Waals surface area (Å²) < 4.78 is 10.4. The molecule has 0 aliphatic rings. The molecule has 0 spiro atoms. The second-order valence-electron chi connectivity index (χ2n) is 3.71. The largest absolute Gasteiger partial charge is 0.495 e. The van der Waals surface area contributed by atoms with Gasteiger partial charge in [0.2, 0.25) is 0 Å². The highest BCUT2D eigenvalue weighted by Crippen LogP contribution is 2.35. The van der Waals surface area contributed by atoms with Crippen molar-refractivity contribution in [2.24, 2.45) is 0 Å². The number of anilines is 1. The number of nitrogens with one attached hydrogen (secondary N) is 1. The Bertz CT molecular complexity index is 549. The third-order valence-electron chi connectivity index (χ3n) is 2.53. The predicted molar refractivity (Wildman–Crippen MR) is 73.9 cm³/mol. The molecule has 0 atom stereocenters. The van der Waals surface area contributed by atoms with E-state index in [-0.39, 0.29) is 0 Å². The van der Waals surface area contributed by atoms with Gasteiger partial charge in [0.05, 0.1) is 31.5 Å². The fraction of sp³-hybridized carbons (Fsp3) is 0.231. The van der Waals surface area contributed by atoms with E-state index in [1.807, 2.05) is 0 Å². The van der Waals surface area contributed by atoms with Gasteiger partial charge in [0, 0.05) is 24.5 Å². The van der Waals surface area contributed by atoms with Crippen molar-refractivity contribution in [3.05, 3.63) is 41.4 Å². The Labute approximate surface area is 116 Å². The molecule has 1 heterocycles. The lowest BCUT2D eigenvalue weighted by Gasteiger charge is -2.13. The normalized spacial score (nSPS) is 10.1. The van der Waals surface area contributed by atoms with Gasteiger partial charge >= 0.3 is 0 Å². The summed E-state index contributed by atoms with van der Waals surface area (Å²) in [5.41, 5.74) is 0.774. The number of ether oxygens (including phenoxy) is 2. The zero-order valence-corrected chi connectivity index (χ0v) is 11.4. The molecule has 0 amide bonds. The molecule has 1 aromatic heterocycles. The van der Waals surface area contributed by atoms with Gasteiger partial charge in [-0.3, -0.25) is 0 Å². The van der Waals surface area contributed by atoms with Crippen LogP contribution in [-0.4, -0.2) is 24.2 Å². The van der Waals surface area contributed by atoms with Crippen LogP contribution in [0.4, 0.5) is 5.69 Å². The van der Waals surface area contributed by atoms with E-state index in [0.717, 1.165) is 5.69 Å². The van der Waals surface area contributed by atoms with Gasteiger partial charge in [0.15, 0.2) is 0 Å². The Morgan fingerprint density at radius 3 is 2.42 bits per heavy atom. The number of rotatable bonds is 5. The maximum absolute atomic E-state index is 6.04. The average molecular weight is 280 g/mol. The van der Waals surface area contributed by atoms with Crippen LogP contribution < -0.4 is 14.8 Å². The quantitative estimate of drug-likeness (QED) is 0.912. The Kier molecular flexibility index (Phi) is 4.41. The highest BCUT2D eigenvalue weighted by Gasteiger charge is 2.09. The molecule has 6 heteroatoms. The molecule has 5 nitrogen and oxygen atoms in total. The Morgan fingerprint density at radius 2 is 1.79 bits per heavy atom. The molecule has 1 N–H and O–H groups in total. The van der Waals surface area contributed by atoms with E-state index in [9.17, 15) is 0 Å². The minimum atomic E-state index is 0.488. The smallest absolute Gasteiger partial charge is 0.147 e. The zero-order chi connectivity index (χ0) is 13.7. The van der Waals surface area contributed by atoms with Crippen LogP contribution in [0, 0.1) is 0 Å². The first-order chi connectivity index (χ1) is 9.24. The van der Waals surface area contributed by atoms with Crippen molar-refractivity contribution in [1.82, 2.24) is 9.97 Å². The Balaban J connectivity index is 2.19. The maximum atomic E-state index is 6.04. The van der Waals surface area contributed by atoms with E-state index in [1.54, 1.807) is 44.8 Å². The number of methoxy groups -OCH3 is 2. The fourth-order valence-corrected chi connectivity index (χ4v) is 1.82. The van der Waals surface area contributed by atoms with Crippen LogP contribution >= 0.6 is 11.6 Å². The van der Waals surface area contributed by atoms with Crippen LogP contribution in [0.25, 0.3) is 0 Å². The first-order valence-corrected chi connectivity index (χ1v) is 6.03. The number of aromatic nitrogens is 2. The van der Waals surface area contributed by atoms with Crippen LogP contribution in [-0.2, 0) is 6.54 Å². The van der Waals surface area contributed by atoms with Gasteiger partial charge in [-0.1, -0.05) is 11.6 Å². The third kappa shape index (κ3) is 3.26. The van der Waals surface area contributed by atoms with Crippen LogP contribution in [0.1, 0.15) is 5.82 Å². The predicted octanol–water partition coefficient (Wildman–Crippen LogP) is 2.76. The summed E-state index contributed by atoms with van der Waals surface area (Å²) in [6, 6.07) is 5.26. The number of hydrogen-bond acceptors (Lipinski definition) is 5.